The van der Waals surface area contributed by atoms with Gasteiger partial charge in [0.1, 0.15) is 11.5 Å². The molecule has 0 aliphatic carbocycles. The zero-order chi connectivity index (χ0) is 13.3. The molecule has 18 heavy (non-hydrogen) atoms. The van der Waals surface area contributed by atoms with Crippen LogP contribution in [0.2, 0.25) is 0 Å². The van der Waals surface area contributed by atoms with E-state index in [0.29, 0.717) is 0 Å². The topological polar surface area (TPSA) is 25.2 Å². The third-order valence-corrected chi connectivity index (χ3v) is 4.26. The Morgan fingerprint density at radius 2 is 1.89 bits per heavy atom. The summed E-state index contributed by atoms with van der Waals surface area (Å²) in [6.45, 7) is 8.28. The zero-order valence-electron chi connectivity index (χ0n) is 11.2. The Balaban J connectivity index is 2.18. The molecule has 0 spiro atoms. The van der Waals surface area contributed by atoms with Gasteiger partial charge in [0.15, 0.2) is 0 Å². The standard InChI is InChI=1S/C15H18INO/c1-9-5-6-13(8-15(9)16)17-11(3)14-7-10(2)18-12(14)4/h5-8,11,17H,1-4H3. The van der Waals surface area contributed by atoms with Crippen LogP contribution in [-0.2, 0) is 0 Å². The first-order valence-electron chi connectivity index (χ1n) is 6.07. The smallest absolute Gasteiger partial charge is 0.106 e. The van der Waals surface area contributed by atoms with Gasteiger partial charge in [-0.25, -0.2) is 0 Å². The molecule has 0 radical (unpaired) electrons. The van der Waals surface area contributed by atoms with Crippen molar-refractivity contribution in [1.29, 1.82) is 0 Å². The van der Waals surface area contributed by atoms with Gasteiger partial charge in [-0.2, -0.15) is 0 Å². The molecule has 0 fully saturated rings. The second kappa shape index (κ2) is 5.34. The summed E-state index contributed by atoms with van der Waals surface area (Å²) >= 11 is 2.36. The van der Waals surface area contributed by atoms with Crippen LogP contribution >= 0.6 is 22.6 Å². The molecular formula is C15H18INO. The summed E-state index contributed by atoms with van der Waals surface area (Å²) in [6.07, 6.45) is 0. The van der Waals surface area contributed by atoms with Crippen molar-refractivity contribution >= 4 is 28.3 Å². The van der Waals surface area contributed by atoms with Crippen molar-refractivity contribution in [2.24, 2.45) is 0 Å². The van der Waals surface area contributed by atoms with E-state index in [1.165, 1.54) is 14.7 Å². The molecule has 1 unspecified atom stereocenters. The van der Waals surface area contributed by atoms with Crippen LogP contribution in [-0.4, -0.2) is 0 Å². The molecule has 3 heteroatoms. The lowest BCUT2D eigenvalue weighted by atomic mass is 10.1. The van der Waals surface area contributed by atoms with E-state index in [4.69, 9.17) is 4.42 Å². The van der Waals surface area contributed by atoms with E-state index in [1.54, 1.807) is 0 Å². The number of rotatable bonds is 3. The van der Waals surface area contributed by atoms with Gasteiger partial charge in [0.2, 0.25) is 0 Å². The second-order valence-corrected chi connectivity index (χ2v) is 5.86. The number of aryl methyl sites for hydroxylation is 3. The highest BCUT2D eigenvalue weighted by molar-refractivity contribution is 14.1. The molecule has 0 saturated heterocycles. The number of anilines is 1. The van der Waals surface area contributed by atoms with Gasteiger partial charge in [-0.3, -0.25) is 0 Å². The summed E-state index contributed by atoms with van der Waals surface area (Å²) in [6, 6.07) is 8.79. The lowest BCUT2D eigenvalue weighted by Crippen LogP contribution is -2.07. The molecule has 1 heterocycles. The Morgan fingerprint density at radius 1 is 1.17 bits per heavy atom. The first-order valence-corrected chi connectivity index (χ1v) is 7.15. The summed E-state index contributed by atoms with van der Waals surface area (Å²) in [7, 11) is 0. The fourth-order valence-electron chi connectivity index (χ4n) is 2.09. The monoisotopic (exact) mass is 355 g/mol. The number of hydrogen-bond acceptors (Lipinski definition) is 2. The minimum absolute atomic E-state index is 0.251. The van der Waals surface area contributed by atoms with Gasteiger partial charge in [-0.1, -0.05) is 6.07 Å². The van der Waals surface area contributed by atoms with Gasteiger partial charge in [-0.15, -0.1) is 0 Å². The van der Waals surface area contributed by atoms with Crippen LogP contribution < -0.4 is 5.32 Å². The summed E-state index contributed by atoms with van der Waals surface area (Å²) in [4.78, 5) is 0. The molecule has 1 atom stereocenters. The van der Waals surface area contributed by atoms with Gasteiger partial charge in [0, 0.05) is 14.8 Å². The molecule has 1 N–H and O–H groups in total. The van der Waals surface area contributed by atoms with E-state index in [2.05, 4.69) is 66.0 Å². The number of furan rings is 1. The maximum atomic E-state index is 5.57. The number of halogens is 1. The molecule has 0 amide bonds. The van der Waals surface area contributed by atoms with Crippen molar-refractivity contribution in [2.45, 2.75) is 33.7 Å². The lowest BCUT2D eigenvalue weighted by molar-refractivity contribution is 0.500. The molecule has 2 aromatic rings. The Hall–Kier alpha value is -0.970. The summed E-state index contributed by atoms with van der Waals surface area (Å²) in [5.41, 5.74) is 3.68. The van der Waals surface area contributed by atoms with E-state index >= 15 is 0 Å². The number of hydrogen-bond donors (Lipinski definition) is 1. The number of benzene rings is 1. The average Bonchev–Trinajstić information content (AvgIpc) is 2.63. The first kappa shape index (κ1) is 13.5. The van der Waals surface area contributed by atoms with E-state index in [-0.39, 0.29) is 6.04 Å². The SMILES string of the molecule is Cc1cc(C(C)Nc2ccc(C)c(I)c2)c(C)o1. The predicted octanol–water partition coefficient (Wildman–Crippen LogP) is 4.98. The van der Waals surface area contributed by atoms with Crippen LogP contribution in [0.5, 0.6) is 0 Å². The van der Waals surface area contributed by atoms with Crippen molar-refractivity contribution in [3.05, 3.63) is 50.5 Å². The first-order chi connectivity index (χ1) is 8.47. The molecule has 0 bridgehead atoms. The highest BCUT2D eigenvalue weighted by Crippen LogP contribution is 2.26. The quantitative estimate of drug-likeness (QED) is 0.786. The zero-order valence-corrected chi connectivity index (χ0v) is 13.3. The fraction of sp³-hybridized carbons (Fsp3) is 0.333. The average molecular weight is 355 g/mol. The Bertz CT molecular complexity index is 560. The third kappa shape index (κ3) is 2.88. The van der Waals surface area contributed by atoms with Crippen LogP contribution in [0.15, 0.2) is 28.7 Å². The highest BCUT2D eigenvalue weighted by atomic mass is 127. The maximum Gasteiger partial charge on any atom is 0.106 e. The van der Waals surface area contributed by atoms with Crippen LogP contribution in [0.4, 0.5) is 5.69 Å². The van der Waals surface area contributed by atoms with Crippen LogP contribution in [0.25, 0.3) is 0 Å². The molecular weight excluding hydrogens is 337 g/mol. The maximum absolute atomic E-state index is 5.57. The summed E-state index contributed by atoms with van der Waals surface area (Å²) < 4.78 is 6.86. The molecule has 2 rings (SSSR count). The minimum Gasteiger partial charge on any atom is -0.466 e. The lowest BCUT2D eigenvalue weighted by Gasteiger charge is -2.15. The van der Waals surface area contributed by atoms with E-state index in [1.807, 2.05) is 13.8 Å². The fourth-order valence-corrected chi connectivity index (χ4v) is 2.61. The molecule has 2 nitrogen and oxygen atoms in total. The molecule has 1 aromatic heterocycles. The number of nitrogens with one attached hydrogen (secondary N) is 1. The van der Waals surface area contributed by atoms with Crippen LogP contribution in [0.1, 0.15) is 35.6 Å². The highest BCUT2D eigenvalue weighted by Gasteiger charge is 2.12. The van der Waals surface area contributed by atoms with Crippen molar-refractivity contribution < 1.29 is 4.42 Å². The molecule has 0 saturated carbocycles. The minimum atomic E-state index is 0.251. The van der Waals surface area contributed by atoms with Crippen molar-refractivity contribution in [2.75, 3.05) is 5.32 Å². The summed E-state index contributed by atoms with van der Waals surface area (Å²) in [5.74, 6) is 1.96. The van der Waals surface area contributed by atoms with Crippen molar-refractivity contribution in [3.63, 3.8) is 0 Å². The van der Waals surface area contributed by atoms with E-state index in [9.17, 15) is 0 Å². The molecule has 0 aliphatic rings. The van der Waals surface area contributed by atoms with E-state index < -0.39 is 0 Å². The van der Waals surface area contributed by atoms with E-state index in [0.717, 1.165) is 17.2 Å². The largest absolute Gasteiger partial charge is 0.466 e. The third-order valence-electron chi connectivity index (χ3n) is 3.10. The van der Waals surface area contributed by atoms with Crippen molar-refractivity contribution in [3.8, 4) is 0 Å². The second-order valence-electron chi connectivity index (χ2n) is 4.70. The van der Waals surface area contributed by atoms with Gasteiger partial charge in [-0.05, 0) is 74.0 Å². The van der Waals surface area contributed by atoms with Gasteiger partial charge >= 0.3 is 0 Å². The molecule has 1 aromatic carbocycles. The van der Waals surface area contributed by atoms with Crippen LogP contribution in [0.3, 0.4) is 0 Å². The van der Waals surface area contributed by atoms with Crippen molar-refractivity contribution in [1.82, 2.24) is 0 Å². The normalized spacial score (nSPS) is 12.5. The Labute approximate surface area is 122 Å². The summed E-state index contributed by atoms with van der Waals surface area (Å²) in [5, 5.41) is 3.52. The van der Waals surface area contributed by atoms with Gasteiger partial charge in [0.25, 0.3) is 0 Å². The Kier molecular flexibility index (Phi) is 4.00. The predicted molar refractivity (Wildman–Crippen MR) is 84.1 cm³/mol. The molecule has 96 valence electrons. The van der Waals surface area contributed by atoms with Gasteiger partial charge < -0.3 is 9.73 Å². The van der Waals surface area contributed by atoms with Gasteiger partial charge in [0.05, 0.1) is 6.04 Å². The van der Waals surface area contributed by atoms with Crippen LogP contribution in [0, 0.1) is 24.3 Å². The molecule has 0 aliphatic heterocycles. The Morgan fingerprint density at radius 3 is 2.44 bits per heavy atom.